The maximum Gasteiger partial charge on any atom is 0.213 e. The van der Waals surface area contributed by atoms with E-state index < -0.39 is 0 Å². The normalized spacial score (nSPS) is 10.9. The van der Waals surface area contributed by atoms with Crippen LogP contribution in [-0.4, -0.2) is 71.0 Å². The van der Waals surface area contributed by atoms with Crippen molar-refractivity contribution in [2.75, 3.05) is 66.0 Å². The highest BCUT2D eigenvalue weighted by molar-refractivity contribution is 9.10. The quantitative estimate of drug-likeness (QED) is 0.417. The van der Waals surface area contributed by atoms with Gasteiger partial charge in [0, 0.05) is 23.3 Å². The van der Waals surface area contributed by atoms with Gasteiger partial charge >= 0.3 is 0 Å². The fourth-order valence-corrected chi connectivity index (χ4v) is 1.83. The molecule has 1 rings (SSSR count). The van der Waals surface area contributed by atoms with E-state index >= 15 is 0 Å². The summed E-state index contributed by atoms with van der Waals surface area (Å²) < 4.78 is 27.8. The van der Waals surface area contributed by atoms with Crippen molar-refractivity contribution in [3.8, 4) is 5.88 Å². The Kier molecular flexibility index (Phi) is 14.0. The zero-order valence-corrected chi connectivity index (χ0v) is 15.5. The van der Waals surface area contributed by atoms with Crippen molar-refractivity contribution in [3.63, 3.8) is 0 Å². The molecule has 0 saturated carbocycles. The van der Waals surface area contributed by atoms with Crippen LogP contribution in [0, 0.1) is 0 Å². The lowest BCUT2D eigenvalue weighted by atomic mass is 10.5. The largest absolute Gasteiger partial charge is 0.475 e. The van der Waals surface area contributed by atoms with Gasteiger partial charge in [-0.2, -0.15) is 0 Å². The van der Waals surface area contributed by atoms with Gasteiger partial charge in [-0.05, 0) is 35.0 Å². The highest BCUT2D eigenvalue weighted by atomic mass is 79.9. The smallest absolute Gasteiger partial charge is 0.213 e. The Hall–Kier alpha value is -0.770. The van der Waals surface area contributed by atoms with Gasteiger partial charge in [0.25, 0.3) is 0 Å². The number of nitrogens with zero attached hydrogens (tertiary/aromatic N) is 1. The van der Waals surface area contributed by atoms with E-state index in [-0.39, 0.29) is 0 Å². The molecule has 0 aliphatic heterocycles. The Morgan fingerprint density at radius 2 is 1.33 bits per heavy atom. The standard InChI is InChI=1S/C16H27BrN2O5/c17-15-2-3-16(19-14-15)24-13-12-23-11-10-22-9-8-21-7-6-20-5-1-4-18/h2-3,14H,1,4-13,18H2. The maximum atomic E-state index is 5.43. The molecule has 138 valence electrons. The zero-order chi connectivity index (χ0) is 17.3. The second-order valence-electron chi connectivity index (χ2n) is 4.75. The first-order valence-electron chi connectivity index (χ1n) is 8.08. The fourth-order valence-electron chi connectivity index (χ4n) is 1.60. The third kappa shape index (κ3) is 12.6. The first-order chi connectivity index (χ1) is 11.8. The van der Waals surface area contributed by atoms with Crippen molar-refractivity contribution in [1.82, 2.24) is 4.98 Å². The van der Waals surface area contributed by atoms with Crippen molar-refractivity contribution >= 4 is 15.9 Å². The predicted molar refractivity (Wildman–Crippen MR) is 94.4 cm³/mol. The monoisotopic (exact) mass is 406 g/mol. The van der Waals surface area contributed by atoms with E-state index in [2.05, 4.69) is 20.9 Å². The van der Waals surface area contributed by atoms with E-state index in [1.54, 1.807) is 12.3 Å². The molecule has 7 nitrogen and oxygen atoms in total. The molecule has 0 aromatic carbocycles. The molecule has 0 atom stereocenters. The molecule has 1 aromatic rings. The van der Waals surface area contributed by atoms with Crippen molar-refractivity contribution < 1.29 is 23.7 Å². The van der Waals surface area contributed by atoms with Crippen molar-refractivity contribution in [2.45, 2.75) is 6.42 Å². The lowest BCUT2D eigenvalue weighted by Gasteiger charge is -2.08. The first kappa shape index (κ1) is 21.3. The highest BCUT2D eigenvalue weighted by Gasteiger charge is 1.96. The number of hydrogen-bond acceptors (Lipinski definition) is 7. The van der Waals surface area contributed by atoms with Gasteiger partial charge < -0.3 is 29.4 Å². The number of aromatic nitrogens is 1. The summed E-state index contributed by atoms with van der Waals surface area (Å²) in [7, 11) is 0. The molecule has 1 aromatic heterocycles. The van der Waals surface area contributed by atoms with E-state index in [9.17, 15) is 0 Å². The van der Waals surface area contributed by atoms with Gasteiger partial charge in [0.1, 0.15) is 6.61 Å². The number of ether oxygens (including phenoxy) is 5. The van der Waals surface area contributed by atoms with Crippen molar-refractivity contribution in [1.29, 1.82) is 0 Å². The van der Waals surface area contributed by atoms with Gasteiger partial charge in [-0.3, -0.25) is 0 Å². The Morgan fingerprint density at radius 3 is 1.83 bits per heavy atom. The van der Waals surface area contributed by atoms with E-state index in [4.69, 9.17) is 29.4 Å². The van der Waals surface area contributed by atoms with Gasteiger partial charge in [-0.25, -0.2) is 4.98 Å². The third-order valence-corrected chi connectivity index (χ3v) is 3.26. The minimum atomic E-state index is 0.460. The maximum absolute atomic E-state index is 5.43. The van der Waals surface area contributed by atoms with Crippen molar-refractivity contribution in [2.24, 2.45) is 5.73 Å². The number of nitrogens with two attached hydrogens (primary N) is 1. The Labute approximate surface area is 151 Å². The molecule has 0 unspecified atom stereocenters. The van der Waals surface area contributed by atoms with E-state index in [1.807, 2.05) is 6.07 Å². The molecular formula is C16H27BrN2O5. The summed E-state index contributed by atoms with van der Waals surface area (Å²) >= 11 is 3.32. The number of halogens is 1. The van der Waals surface area contributed by atoms with Gasteiger partial charge in [0.2, 0.25) is 5.88 Å². The number of hydrogen-bond donors (Lipinski definition) is 1. The highest BCUT2D eigenvalue weighted by Crippen LogP contribution is 2.11. The first-order valence-corrected chi connectivity index (χ1v) is 8.87. The molecule has 2 N–H and O–H groups in total. The predicted octanol–water partition coefficient (Wildman–Crippen LogP) is 1.64. The molecule has 0 radical (unpaired) electrons. The molecule has 0 fully saturated rings. The Bertz CT molecular complexity index is 395. The summed E-state index contributed by atoms with van der Waals surface area (Å²) in [6, 6.07) is 3.68. The minimum Gasteiger partial charge on any atom is -0.475 e. The van der Waals surface area contributed by atoms with Crippen LogP contribution in [0.15, 0.2) is 22.8 Å². The summed E-state index contributed by atoms with van der Waals surface area (Å²) in [5, 5.41) is 0. The summed E-state index contributed by atoms with van der Waals surface area (Å²) in [6.45, 7) is 5.64. The van der Waals surface area contributed by atoms with Gasteiger partial charge in [-0.15, -0.1) is 0 Å². The van der Waals surface area contributed by atoms with Crippen LogP contribution < -0.4 is 10.5 Å². The number of pyridine rings is 1. The van der Waals surface area contributed by atoms with Crippen LogP contribution in [0.3, 0.4) is 0 Å². The molecule has 0 aliphatic rings. The lowest BCUT2D eigenvalue weighted by molar-refractivity contribution is -0.00474. The van der Waals surface area contributed by atoms with Gasteiger partial charge in [0.05, 0.1) is 46.2 Å². The second-order valence-corrected chi connectivity index (χ2v) is 5.67. The van der Waals surface area contributed by atoms with Gasteiger partial charge in [0.15, 0.2) is 0 Å². The van der Waals surface area contributed by atoms with Crippen LogP contribution in [-0.2, 0) is 18.9 Å². The molecule has 24 heavy (non-hydrogen) atoms. The minimum absolute atomic E-state index is 0.460. The van der Waals surface area contributed by atoms with Crippen LogP contribution >= 0.6 is 15.9 Å². The Morgan fingerprint density at radius 1 is 0.792 bits per heavy atom. The van der Waals surface area contributed by atoms with Crippen LogP contribution in [0.25, 0.3) is 0 Å². The Balaban J connectivity index is 1.75. The van der Waals surface area contributed by atoms with Crippen LogP contribution in [0.4, 0.5) is 0 Å². The summed E-state index contributed by atoms with van der Waals surface area (Å²) in [6.07, 6.45) is 2.58. The van der Waals surface area contributed by atoms with Gasteiger partial charge in [-0.1, -0.05) is 0 Å². The molecular weight excluding hydrogens is 380 g/mol. The average Bonchev–Trinajstić information content (AvgIpc) is 2.60. The molecule has 8 heteroatoms. The molecule has 0 spiro atoms. The topological polar surface area (TPSA) is 85.1 Å². The lowest BCUT2D eigenvalue weighted by Crippen LogP contribution is -2.14. The fraction of sp³-hybridized carbons (Fsp3) is 0.688. The molecule has 0 aliphatic carbocycles. The number of rotatable bonds is 16. The summed E-state index contributed by atoms with van der Waals surface area (Å²) in [5.41, 5.74) is 5.36. The van der Waals surface area contributed by atoms with Crippen LogP contribution in [0.1, 0.15) is 6.42 Å². The summed E-state index contributed by atoms with van der Waals surface area (Å²) in [4.78, 5) is 4.10. The SMILES string of the molecule is NCCCOCCOCCOCCOCCOc1ccc(Br)cn1. The molecule has 1 heterocycles. The summed E-state index contributed by atoms with van der Waals surface area (Å²) in [5.74, 6) is 0.585. The zero-order valence-electron chi connectivity index (χ0n) is 14.0. The van der Waals surface area contributed by atoms with E-state index in [0.717, 1.165) is 10.9 Å². The average molecular weight is 407 g/mol. The van der Waals surface area contributed by atoms with E-state index in [0.29, 0.717) is 71.9 Å². The van der Waals surface area contributed by atoms with Crippen molar-refractivity contribution in [3.05, 3.63) is 22.8 Å². The molecule has 0 bridgehead atoms. The second kappa shape index (κ2) is 15.7. The van der Waals surface area contributed by atoms with Crippen LogP contribution in [0.5, 0.6) is 5.88 Å². The van der Waals surface area contributed by atoms with E-state index in [1.165, 1.54) is 0 Å². The molecule has 0 saturated heterocycles. The van der Waals surface area contributed by atoms with Crippen LogP contribution in [0.2, 0.25) is 0 Å². The molecule has 0 amide bonds. The third-order valence-electron chi connectivity index (χ3n) is 2.79.